The van der Waals surface area contributed by atoms with Crippen molar-refractivity contribution in [1.29, 1.82) is 0 Å². The van der Waals surface area contributed by atoms with E-state index < -0.39 is 0 Å². The first-order chi connectivity index (χ1) is 11.6. The van der Waals surface area contributed by atoms with Crippen molar-refractivity contribution in [3.8, 4) is 5.75 Å². The summed E-state index contributed by atoms with van der Waals surface area (Å²) in [6, 6.07) is 13.0. The number of phenols is 1. The molecule has 1 atom stereocenters. The SMILES string of the molecule is O=C(CSc1ccc(O)cc1)N1CCO[C@H](c2ccc(F)cc2)C1. The Kier molecular flexibility index (Phi) is 5.37. The van der Waals surface area contributed by atoms with Gasteiger partial charge in [0.15, 0.2) is 0 Å². The second-order valence-corrected chi connectivity index (χ2v) is 6.58. The summed E-state index contributed by atoms with van der Waals surface area (Å²) in [4.78, 5) is 15.1. The van der Waals surface area contributed by atoms with Crippen LogP contribution in [0.2, 0.25) is 0 Å². The zero-order valence-corrected chi connectivity index (χ0v) is 13.8. The van der Waals surface area contributed by atoms with Gasteiger partial charge in [-0.15, -0.1) is 11.8 Å². The second-order valence-electron chi connectivity index (χ2n) is 5.53. The Balaban J connectivity index is 1.56. The molecule has 0 bridgehead atoms. The highest BCUT2D eigenvalue weighted by atomic mass is 32.2. The molecule has 1 aliphatic heterocycles. The predicted octanol–water partition coefficient (Wildman–Crippen LogP) is 3.22. The van der Waals surface area contributed by atoms with Crippen molar-refractivity contribution in [2.75, 3.05) is 25.4 Å². The van der Waals surface area contributed by atoms with Crippen molar-refractivity contribution >= 4 is 17.7 Å². The average Bonchev–Trinajstić information content (AvgIpc) is 2.62. The molecule has 1 N–H and O–H groups in total. The third-order valence-corrected chi connectivity index (χ3v) is 4.86. The summed E-state index contributed by atoms with van der Waals surface area (Å²) in [5.74, 6) is 0.304. The average molecular weight is 347 g/mol. The molecule has 0 spiro atoms. The molecule has 2 aromatic rings. The molecule has 0 unspecified atom stereocenters. The number of halogens is 1. The molecule has 3 rings (SSSR count). The second kappa shape index (κ2) is 7.68. The van der Waals surface area contributed by atoms with Crippen molar-refractivity contribution in [1.82, 2.24) is 4.90 Å². The highest BCUT2D eigenvalue weighted by molar-refractivity contribution is 8.00. The first-order valence-electron chi connectivity index (χ1n) is 7.68. The Bertz CT molecular complexity index is 690. The number of hydrogen-bond acceptors (Lipinski definition) is 4. The van der Waals surface area contributed by atoms with Gasteiger partial charge in [0.2, 0.25) is 5.91 Å². The van der Waals surface area contributed by atoms with Gasteiger partial charge in [0.1, 0.15) is 17.7 Å². The van der Waals surface area contributed by atoms with E-state index in [0.29, 0.717) is 25.4 Å². The van der Waals surface area contributed by atoms with Gasteiger partial charge in [-0.25, -0.2) is 4.39 Å². The van der Waals surface area contributed by atoms with Crippen LogP contribution in [-0.2, 0) is 9.53 Å². The van der Waals surface area contributed by atoms with E-state index in [-0.39, 0.29) is 23.6 Å². The number of benzene rings is 2. The maximum atomic E-state index is 13.0. The van der Waals surface area contributed by atoms with Crippen molar-refractivity contribution in [3.05, 3.63) is 59.9 Å². The first kappa shape index (κ1) is 16.8. The number of carbonyl (C=O) groups excluding carboxylic acids is 1. The van der Waals surface area contributed by atoms with Crippen LogP contribution in [0.15, 0.2) is 53.4 Å². The van der Waals surface area contributed by atoms with E-state index in [4.69, 9.17) is 4.74 Å². The van der Waals surface area contributed by atoms with Gasteiger partial charge in [0.25, 0.3) is 0 Å². The quantitative estimate of drug-likeness (QED) is 0.863. The summed E-state index contributed by atoms with van der Waals surface area (Å²) in [5, 5.41) is 9.27. The van der Waals surface area contributed by atoms with Crippen LogP contribution >= 0.6 is 11.8 Å². The highest BCUT2D eigenvalue weighted by Crippen LogP contribution is 2.25. The fourth-order valence-electron chi connectivity index (χ4n) is 2.53. The van der Waals surface area contributed by atoms with E-state index in [2.05, 4.69) is 0 Å². The summed E-state index contributed by atoms with van der Waals surface area (Å²) < 4.78 is 18.7. The third-order valence-electron chi connectivity index (χ3n) is 3.86. The molecule has 126 valence electrons. The van der Waals surface area contributed by atoms with Gasteiger partial charge in [-0.3, -0.25) is 4.79 Å². The molecule has 2 aromatic carbocycles. The molecule has 0 radical (unpaired) electrons. The molecule has 1 heterocycles. The van der Waals surface area contributed by atoms with Gasteiger partial charge in [0.05, 0.1) is 18.9 Å². The number of hydrogen-bond donors (Lipinski definition) is 1. The Hall–Kier alpha value is -2.05. The molecule has 1 amide bonds. The van der Waals surface area contributed by atoms with E-state index in [0.717, 1.165) is 10.5 Å². The first-order valence-corrected chi connectivity index (χ1v) is 8.67. The van der Waals surface area contributed by atoms with E-state index in [1.165, 1.54) is 23.9 Å². The van der Waals surface area contributed by atoms with Gasteiger partial charge in [-0.1, -0.05) is 12.1 Å². The Morgan fingerprint density at radius 2 is 1.92 bits per heavy atom. The monoisotopic (exact) mass is 347 g/mol. The lowest BCUT2D eigenvalue weighted by molar-refractivity contribution is -0.136. The lowest BCUT2D eigenvalue weighted by Crippen LogP contribution is -2.43. The molecule has 1 aliphatic rings. The van der Waals surface area contributed by atoms with Crippen LogP contribution in [0.4, 0.5) is 4.39 Å². The Morgan fingerprint density at radius 3 is 2.62 bits per heavy atom. The number of aromatic hydroxyl groups is 1. The summed E-state index contributed by atoms with van der Waals surface area (Å²) in [6.07, 6.45) is -0.220. The van der Waals surface area contributed by atoms with E-state index in [9.17, 15) is 14.3 Å². The number of carbonyl (C=O) groups is 1. The Labute approximate surface area is 144 Å². The van der Waals surface area contributed by atoms with Crippen LogP contribution < -0.4 is 0 Å². The normalized spacial score (nSPS) is 17.7. The molecule has 0 aliphatic carbocycles. The standard InChI is InChI=1S/C18H18FNO3S/c19-14-3-1-13(2-4-14)17-11-20(9-10-23-17)18(22)12-24-16-7-5-15(21)6-8-16/h1-8,17,21H,9-12H2/t17-/m0/s1. The van der Waals surface area contributed by atoms with E-state index in [1.807, 2.05) is 0 Å². The fraction of sp³-hybridized carbons (Fsp3) is 0.278. The number of morpholine rings is 1. The number of ether oxygens (including phenoxy) is 1. The molecule has 24 heavy (non-hydrogen) atoms. The minimum Gasteiger partial charge on any atom is -0.508 e. The summed E-state index contributed by atoms with van der Waals surface area (Å²) in [7, 11) is 0. The topological polar surface area (TPSA) is 49.8 Å². The lowest BCUT2D eigenvalue weighted by atomic mass is 10.1. The zero-order chi connectivity index (χ0) is 16.9. The maximum Gasteiger partial charge on any atom is 0.233 e. The van der Waals surface area contributed by atoms with Crippen molar-refractivity contribution < 1.29 is 19.0 Å². The van der Waals surface area contributed by atoms with E-state index in [1.54, 1.807) is 41.3 Å². The van der Waals surface area contributed by atoms with Crippen LogP contribution in [-0.4, -0.2) is 41.4 Å². The number of phenolic OH excluding ortho intramolecular Hbond substituents is 1. The van der Waals surface area contributed by atoms with Gasteiger partial charge in [-0.05, 0) is 42.0 Å². The molecule has 4 nitrogen and oxygen atoms in total. The molecular formula is C18H18FNO3S. The lowest BCUT2D eigenvalue weighted by Gasteiger charge is -2.33. The molecule has 0 aromatic heterocycles. The molecule has 1 fully saturated rings. The van der Waals surface area contributed by atoms with Gasteiger partial charge >= 0.3 is 0 Å². The summed E-state index contributed by atoms with van der Waals surface area (Å²) in [5.41, 5.74) is 0.875. The van der Waals surface area contributed by atoms with E-state index >= 15 is 0 Å². The van der Waals surface area contributed by atoms with Crippen LogP contribution in [0.25, 0.3) is 0 Å². The van der Waals surface area contributed by atoms with Crippen LogP contribution in [0.3, 0.4) is 0 Å². The minimum absolute atomic E-state index is 0.0449. The number of rotatable bonds is 4. The number of nitrogens with zero attached hydrogens (tertiary/aromatic N) is 1. The van der Waals surface area contributed by atoms with Crippen molar-refractivity contribution in [3.63, 3.8) is 0 Å². The van der Waals surface area contributed by atoms with Crippen molar-refractivity contribution in [2.24, 2.45) is 0 Å². The highest BCUT2D eigenvalue weighted by Gasteiger charge is 2.25. The van der Waals surface area contributed by atoms with Crippen LogP contribution in [0.1, 0.15) is 11.7 Å². The molecule has 1 saturated heterocycles. The maximum absolute atomic E-state index is 13.0. The smallest absolute Gasteiger partial charge is 0.233 e. The van der Waals surface area contributed by atoms with Crippen LogP contribution in [0, 0.1) is 5.82 Å². The minimum atomic E-state index is -0.284. The molecule has 0 saturated carbocycles. The fourth-order valence-corrected chi connectivity index (χ4v) is 3.33. The molecular weight excluding hydrogens is 329 g/mol. The van der Waals surface area contributed by atoms with Gasteiger partial charge in [-0.2, -0.15) is 0 Å². The van der Waals surface area contributed by atoms with Crippen molar-refractivity contribution in [2.45, 2.75) is 11.0 Å². The number of thioether (sulfide) groups is 1. The summed E-state index contributed by atoms with van der Waals surface area (Å²) in [6.45, 7) is 1.50. The van der Waals surface area contributed by atoms with Gasteiger partial charge < -0.3 is 14.7 Å². The number of amides is 1. The molecule has 6 heteroatoms. The Morgan fingerprint density at radius 1 is 1.21 bits per heavy atom. The summed E-state index contributed by atoms with van der Waals surface area (Å²) >= 11 is 1.44. The van der Waals surface area contributed by atoms with Gasteiger partial charge in [0, 0.05) is 11.4 Å². The zero-order valence-electron chi connectivity index (χ0n) is 13.0. The predicted molar refractivity (Wildman–Crippen MR) is 90.5 cm³/mol. The van der Waals surface area contributed by atoms with Crippen LogP contribution in [0.5, 0.6) is 5.75 Å². The third kappa shape index (κ3) is 4.27. The largest absolute Gasteiger partial charge is 0.508 e.